The normalized spacial score (nSPS) is 16.4. The molecule has 2 aromatic rings. The van der Waals surface area contributed by atoms with Crippen LogP contribution in [0, 0.1) is 0 Å². The van der Waals surface area contributed by atoms with Crippen molar-refractivity contribution < 1.29 is 0 Å². The molecule has 0 spiro atoms. The monoisotopic (exact) mass is 368 g/mol. The van der Waals surface area contributed by atoms with Gasteiger partial charge in [0.25, 0.3) is 0 Å². The Morgan fingerprint density at radius 2 is 2.26 bits per heavy atom. The summed E-state index contributed by atoms with van der Waals surface area (Å²) in [6.07, 6.45) is 11.8. The molecule has 0 aliphatic heterocycles. The largest absolute Gasteiger partial charge is 0.330 e. The van der Waals surface area contributed by atoms with Crippen molar-refractivity contribution in [1.29, 1.82) is 0 Å². The third-order valence-electron chi connectivity index (χ3n) is 5.14. The molecule has 146 valence electrons. The van der Waals surface area contributed by atoms with Crippen molar-refractivity contribution in [2.45, 2.75) is 65.1 Å². The molecular formula is C21H32N6. The van der Waals surface area contributed by atoms with E-state index >= 15 is 0 Å². The molecule has 1 aliphatic rings. The Hall–Kier alpha value is -2.05. The highest BCUT2D eigenvalue weighted by Crippen LogP contribution is 2.33. The number of pyridine rings is 1. The third-order valence-corrected chi connectivity index (χ3v) is 5.14. The van der Waals surface area contributed by atoms with Crippen molar-refractivity contribution >= 4 is 0 Å². The molecule has 1 unspecified atom stereocenters. The molecule has 1 atom stereocenters. The molecule has 1 aliphatic carbocycles. The molecule has 0 aromatic carbocycles. The van der Waals surface area contributed by atoms with Gasteiger partial charge in [0.15, 0.2) is 0 Å². The maximum Gasteiger partial charge on any atom is 0.0967 e. The Bertz CT molecular complexity index is 747. The van der Waals surface area contributed by atoms with Crippen molar-refractivity contribution in [1.82, 2.24) is 24.9 Å². The molecule has 0 fully saturated rings. The first-order valence-corrected chi connectivity index (χ1v) is 10.1. The van der Waals surface area contributed by atoms with E-state index in [1.807, 2.05) is 10.9 Å². The zero-order valence-corrected chi connectivity index (χ0v) is 16.6. The first kappa shape index (κ1) is 19.7. The van der Waals surface area contributed by atoms with Crippen LogP contribution in [0.4, 0.5) is 0 Å². The summed E-state index contributed by atoms with van der Waals surface area (Å²) in [7, 11) is 0. The Kier molecular flexibility index (Phi) is 7.12. The van der Waals surface area contributed by atoms with Crippen LogP contribution in [0.15, 0.2) is 36.2 Å². The van der Waals surface area contributed by atoms with Gasteiger partial charge in [-0.2, -0.15) is 0 Å². The Balaban J connectivity index is 1.75. The summed E-state index contributed by atoms with van der Waals surface area (Å²) in [5, 5.41) is 8.70. The molecule has 0 radical (unpaired) electrons. The Morgan fingerprint density at radius 1 is 1.37 bits per heavy atom. The van der Waals surface area contributed by atoms with Gasteiger partial charge >= 0.3 is 0 Å². The van der Waals surface area contributed by atoms with E-state index in [0.717, 1.165) is 57.6 Å². The highest BCUT2D eigenvalue weighted by atomic mass is 15.4. The third kappa shape index (κ3) is 5.47. The average molecular weight is 369 g/mol. The lowest BCUT2D eigenvalue weighted by molar-refractivity contribution is 0.161. The summed E-state index contributed by atoms with van der Waals surface area (Å²) in [5.41, 5.74) is 10.7. The molecule has 0 saturated carbocycles. The van der Waals surface area contributed by atoms with Gasteiger partial charge in [0.2, 0.25) is 0 Å². The standard InChI is InChI=1S/C21H32N6/c1-17(2)10-14-27-16-19(24-25-27)15-26(13-4-3-11-22)20-9-5-7-18-8-6-12-23-21(18)20/h6,8,10,12,16,20H,3-5,7,9,11,13-15,22H2,1-2H3. The van der Waals surface area contributed by atoms with E-state index in [1.165, 1.54) is 23.3 Å². The highest BCUT2D eigenvalue weighted by Gasteiger charge is 2.27. The topological polar surface area (TPSA) is 72.9 Å². The predicted molar refractivity (Wildman–Crippen MR) is 108 cm³/mol. The zero-order valence-electron chi connectivity index (χ0n) is 16.6. The first-order valence-electron chi connectivity index (χ1n) is 10.1. The van der Waals surface area contributed by atoms with Crippen LogP contribution in [0.3, 0.4) is 0 Å². The fraction of sp³-hybridized carbons (Fsp3) is 0.571. The minimum absolute atomic E-state index is 0.357. The van der Waals surface area contributed by atoms with E-state index in [9.17, 15) is 0 Å². The molecule has 0 saturated heterocycles. The Morgan fingerprint density at radius 3 is 3.07 bits per heavy atom. The summed E-state index contributed by atoms with van der Waals surface area (Å²) in [6, 6.07) is 4.63. The second kappa shape index (κ2) is 9.76. The van der Waals surface area contributed by atoms with Crippen LogP contribution in [0.2, 0.25) is 0 Å². The zero-order chi connectivity index (χ0) is 19.1. The van der Waals surface area contributed by atoms with Crippen LogP contribution in [-0.2, 0) is 19.5 Å². The number of hydrogen-bond donors (Lipinski definition) is 1. The van der Waals surface area contributed by atoms with Gasteiger partial charge in [-0.15, -0.1) is 5.10 Å². The van der Waals surface area contributed by atoms with Gasteiger partial charge in [0.1, 0.15) is 0 Å². The van der Waals surface area contributed by atoms with E-state index in [-0.39, 0.29) is 0 Å². The van der Waals surface area contributed by atoms with Gasteiger partial charge in [0.05, 0.1) is 30.2 Å². The van der Waals surface area contributed by atoms with E-state index in [2.05, 4.69) is 53.5 Å². The van der Waals surface area contributed by atoms with Gasteiger partial charge in [-0.1, -0.05) is 22.9 Å². The van der Waals surface area contributed by atoms with Crippen LogP contribution in [-0.4, -0.2) is 38.0 Å². The van der Waals surface area contributed by atoms with Crippen molar-refractivity contribution in [2.75, 3.05) is 13.1 Å². The molecule has 6 nitrogen and oxygen atoms in total. The first-order chi connectivity index (χ1) is 13.2. The summed E-state index contributed by atoms with van der Waals surface area (Å²) in [4.78, 5) is 7.25. The average Bonchev–Trinajstić information content (AvgIpc) is 3.13. The molecule has 0 amide bonds. The number of rotatable bonds is 9. The van der Waals surface area contributed by atoms with Crippen LogP contribution >= 0.6 is 0 Å². The minimum Gasteiger partial charge on any atom is -0.330 e. The van der Waals surface area contributed by atoms with Gasteiger partial charge in [-0.3, -0.25) is 9.88 Å². The molecule has 6 heteroatoms. The van der Waals surface area contributed by atoms with E-state index < -0.39 is 0 Å². The van der Waals surface area contributed by atoms with Crippen LogP contribution in [0.5, 0.6) is 0 Å². The second-order valence-electron chi connectivity index (χ2n) is 7.64. The van der Waals surface area contributed by atoms with Crippen molar-refractivity contribution in [3.63, 3.8) is 0 Å². The molecule has 0 bridgehead atoms. The number of nitrogens with two attached hydrogens (primary N) is 1. The van der Waals surface area contributed by atoms with Crippen molar-refractivity contribution in [3.05, 3.63) is 53.1 Å². The number of nitrogens with zero attached hydrogens (tertiary/aromatic N) is 5. The summed E-state index contributed by atoms with van der Waals surface area (Å²) >= 11 is 0. The fourth-order valence-corrected chi connectivity index (χ4v) is 3.73. The number of unbranched alkanes of at least 4 members (excludes halogenated alkanes) is 1. The summed E-state index contributed by atoms with van der Waals surface area (Å²) < 4.78 is 1.91. The maximum atomic E-state index is 5.72. The van der Waals surface area contributed by atoms with E-state index in [0.29, 0.717) is 6.04 Å². The van der Waals surface area contributed by atoms with Gasteiger partial charge < -0.3 is 5.73 Å². The van der Waals surface area contributed by atoms with Gasteiger partial charge in [-0.25, -0.2) is 4.68 Å². The highest BCUT2D eigenvalue weighted by molar-refractivity contribution is 5.25. The second-order valence-corrected chi connectivity index (χ2v) is 7.64. The quantitative estimate of drug-likeness (QED) is 0.543. The van der Waals surface area contributed by atoms with E-state index in [1.54, 1.807) is 0 Å². The van der Waals surface area contributed by atoms with Crippen molar-refractivity contribution in [2.24, 2.45) is 5.73 Å². The number of allylic oxidation sites excluding steroid dienone is 2. The lowest BCUT2D eigenvalue weighted by atomic mass is 9.90. The molecule has 2 heterocycles. The summed E-state index contributed by atoms with van der Waals surface area (Å²) in [5.74, 6) is 0. The molecule has 3 rings (SSSR count). The molecule has 27 heavy (non-hydrogen) atoms. The van der Waals surface area contributed by atoms with Gasteiger partial charge in [0, 0.05) is 12.7 Å². The lowest BCUT2D eigenvalue weighted by Crippen LogP contribution is -2.33. The smallest absolute Gasteiger partial charge is 0.0967 e. The van der Waals surface area contributed by atoms with E-state index in [4.69, 9.17) is 10.7 Å². The van der Waals surface area contributed by atoms with Crippen LogP contribution in [0.1, 0.15) is 62.5 Å². The van der Waals surface area contributed by atoms with Crippen LogP contribution < -0.4 is 5.73 Å². The predicted octanol–water partition coefficient (Wildman–Crippen LogP) is 3.26. The molecule has 2 aromatic heterocycles. The van der Waals surface area contributed by atoms with Crippen molar-refractivity contribution in [3.8, 4) is 0 Å². The molecule has 2 N–H and O–H groups in total. The van der Waals surface area contributed by atoms with Gasteiger partial charge in [-0.05, 0) is 70.7 Å². The fourth-order valence-electron chi connectivity index (χ4n) is 3.73. The minimum atomic E-state index is 0.357. The summed E-state index contributed by atoms with van der Waals surface area (Å²) in [6.45, 7) is 7.54. The SMILES string of the molecule is CC(C)=CCn1cc(CN(CCCCN)C2CCCc3cccnc32)nn1. The number of aromatic nitrogens is 4. The number of fused-ring (bicyclic) bond motifs is 1. The number of hydrogen-bond acceptors (Lipinski definition) is 5. The number of aryl methyl sites for hydroxylation is 1. The maximum absolute atomic E-state index is 5.72. The Labute approximate surface area is 162 Å². The lowest BCUT2D eigenvalue weighted by Gasteiger charge is -2.34. The van der Waals surface area contributed by atoms with Crippen LogP contribution in [0.25, 0.3) is 0 Å². The molecular weight excluding hydrogens is 336 g/mol.